The zero-order valence-corrected chi connectivity index (χ0v) is 13.2. The van der Waals surface area contributed by atoms with Crippen molar-refractivity contribution in [1.29, 1.82) is 0 Å². The highest BCUT2D eigenvalue weighted by molar-refractivity contribution is 5.68. The van der Waals surface area contributed by atoms with Crippen LogP contribution in [0.25, 0.3) is 0 Å². The van der Waals surface area contributed by atoms with Gasteiger partial charge in [0, 0.05) is 31.9 Å². The summed E-state index contributed by atoms with van der Waals surface area (Å²) in [7, 11) is 0. The number of rotatable bonds is 10. The molecular weight excluding hydrogens is 271 g/mol. The molecule has 0 aliphatic carbocycles. The average Bonchev–Trinajstić information content (AvgIpc) is 2.42. The van der Waals surface area contributed by atoms with Crippen molar-refractivity contribution in [3.63, 3.8) is 0 Å². The van der Waals surface area contributed by atoms with Crippen LogP contribution in [0.3, 0.4) is 0 Å². The fourth-order valence-electron chi connectivity index (χ4n) is 1.81. The summed E-state index contributed by atoms with van der Waals surface area (Å²) in [6.07, 6.45) is 3.03. The van der Waals surface area contributed by atoms with Crippen LogP contribution in [0.1, 0.15) is 40.0 Å². The first-order valence-corrected chi connectivity index (χ1v) is 7.61. The van der Waals surface area contributed by atoms with E-state index in [-0.39, 0.29) is 11.9 Å². The minimum Gasteiger partial charge on any atom is -0.488 e. The van der Waals surface area contributed by atoms with Gasteiger partial charge in [-0.25, -0.2) is 4.39 Å². The van der Waals surface area contributed by atoms with Gasteiger partial charge in [-0.05, 0) is 26.7 Å². The number of ether oxygens (including phenoxy) is 2. The highest BCUT2D eigenvalue weighted by Gasteiger charge is 2.10. The molecule has 0 aliphatic rings. The lowest BCUT2D eigenvalue weighted by Gasteiger charge is -2.15. The van der Waals surface area contributed by atoms with Crippen molar-refractivity contribution in [1.82, 2.24) is 0 Å². The number of unbranched alkanes of at least 4 members (excludes halogenated alkanes) is 1. The van der Waals surface area contributed by atoms with Gasteiger partial charge in [-0.1, -0.05) is 13.3 Å². The molecule has 21 heavy (non-hydrogen) atoms. The molecule has 0 unspecified atom stereocenters. The van der Waals surface area contributed by atoms with E-state index in [2.05, 4.69) is 12.2 Å². The third kappa shape index (κ3) is 6.67. The molecule has 1 aromatic carbocycles. The van der Waals surface area contributed by atoms with Gasteiger partial charge in [0.2, 0.25) is 0 Å². The van der Waals surface area contributed by atoms with Crippen LogP contribution in [0.2, 0.25) is 0 Å². The molecule has 0 heterocycles. The van der Waals surface area contributed by atoms with Gasteiger partial charge in [0.05, 0.1) is 17.5 Å². The van der Waals surface area contributed by atoms with Crippen molar-refractivity contribution in [2.45, 2.75) is 46.1 Å². The lowest BCUT2D eigenvalue weighted by Crippen LogP contribution is -2.10. The van der Waals surface area contributed by atoms with E-state index in [0.717, 1.165) is 32.4 Å². The quantitative estimate of drug-likeness (QED) is 0.509. The SMILES string of the molecule is CCCCOCCCNc1cc(OC(C)C)c(F)cc1N. The highest BCUT2D eigenvalue weighted by atomic mass is 19.1. The van der Waals surface area contributed by atoms with E-state index in [1.807, 2.05) is 13.8 Å². The second-order valence-corrected chi connectivity index (χ2v) is 5.28. The number of hydrogen-bond acceptors (Lipinski definition) is 4. The summed E-state index contributed by atoms with van der Waals surface area (Å²) in [4.78, 5) is 0. The zero-order chi connectivity index (χ0) is 15.7. The van der Waals surface area contributed by atoms with Crippen molar-refractivity contribution in [2.24, 2.45) is 0 Å². The predicted octanol–water partition coefficient (Wildman–Crippen LogP) is 3.81. The van der Waals surface area contributed by atoms with E-state index >= 15 is 0 Å². The Morgan fingerprint density at radius 1 is 1.24 bits per heavy atom. The molecule has 0 saturated carbocycles. The summed E-state index contributed by atoms with van der Waals surface area (Å²) in [6.45, 7) is 8.10. The second kappa shape index (κ2) is 9.45. The van der Waals surface area contributed by atoms with Crippen LogP contribution in [-0.4, -0.2) is 25.9 Å². The topological polar surface area (TPSA) is 56.5 Å². The Morgan fingerprint density at radius 3 is 2.62 bits per heavy atom. The molecule has 0 radical (unpaired) electrons. The van der Waals surface area contributed by atoms with Crippen LogP contribution >= 0.6 is 0 Å². The van der Waals surface area contributed by atoms with Gasteiger partial charge in [0.15, 0.2) is 11.6 Å². The van der Waals surface area contributed by atoms with Crippen molar-refractivity contribution >= 4 is 11.4 Å². The van der Waals surface area contributed by atoms with Gasteiger partial charge in [-0.15, -0.1) is 0 Å². The van der Waals surface area contributed by atoms with Crippen molar-refractivity contribution < 1.29 is 13.9 Å². The van der Waals surface area contributed by atoms with E-state index in [1.165, 1.54) is 6.07 Å². The Bertz CT molecular complexity index is 425. The molecule has 0 saturated heterocycles. The van der Waals surface area contributed by atoms with Crippen LogP contribution in [0.5, 0.6) is 5.75 Å². The fraction of sp³-hybridized carbons (Fsp3) is 0.625. The van der Waals surface area contributed by atoms with Crippen LogP contribution in [0.4, 0.5) is 15.8 Å². The molecule has 0 aliphatic heterocycles. The number of nitrogens with one attached hydrogen (secondary N) is 1. The smallest absolute Gasteiger partial charge is 0.167 e. The van der Waals surface area contributed by atoms with Crippen molar-refractivity contribution in [3.8, 4) is 5.75 Å². The molecule has 0 fully saturated rings. The molecule has 0 amide bonds. The van der Waals surface area contributed by atoms with E-state index in [1.54, 1.807) is 6.07 Å². The third-order valence-corrected chi connectivity index (χ3v) is 2.89. The first-order valence-electron chi connectivity index (χ1n) is 7.61. The Kier molecular flexibility index (Phi) is 7.90. The van der Waals surface area contributed by atoms with Gasteiger partial charge in [0.1, 0.15) is 0 Å². The normalized spacial score (nSPS) is 10.9. The largest absolute Gasteiger partial charge is 0.488 e. The van der Waals surface area contributed by atoms with E-state index in [0.29, 0.717) is 18.0 Å². The lowest BCUT2D eigenvalue weighted by molar-refractivity contribution is 0.131. The fourth-order valence-corrected chi connectivity index (χ4v) is 1.81. The maximum atomic E-state index is 13.7. The van der Waals surface area contributed by atoms with E-state index in [9.17, 15) is 4.39 Å². The van der Waals surface area contributed by atoms with E-state index < -0.39 is 5.82 Å². The molecule has 0 bridgehead atoms. The van der Waals surface area contributed by atoms with Crippen molar-refractivity contribution in [2.75, 3.05) is 30.8 Å². The minimum atomic E-state index is -0.436. The van der Waals surface area contributed by atoms with Gasteiger partial charge in [0.25, 0.3) is 0 Å². The average molecular weight is 298 g/mol. The molecule has 0 spiro atoms. The lowest BCUT2D eigenvalue weighted by atomic mass is 10.2. The van der Waals surface area contributed by atoms with E-state index in [4.69, 9.17) is 15.2 Å². The summed E-state index contributed by atoms with van der Waals surface area (Å²) >= 11 is 0. The summed E-state index contributed by atoms with van der Waals surface area (Å²) in [5.74, 6) is -0.212. The zero-order valence-electron chi connectivity index (χ0n) is 13.2. The molecule has 3 N–H and O–H groups in total. The van der Waals surface area contributed by atoms with Gasteiger partial charge >= 0.3 is 0 Å². The molecule has 0 atom stereocenters. The first kappa shape index (κ1) is 17.6. The summed E-state index contributed by atoms with van der Waals surface area (Å²) in [5, 5.41) is 3.19. The number of hydrogen-bond donors (Lipinski definition) is 2. The minimum absolute atomic E-state index is 0.0806. The number of benzene rings is 1. The van der Waals surface area contributed by atoms with Crippen LogP contribution < -0.4 is 15.8 Å². The molecular formula is C16H27FN2O2. The Hall–Kier alpha value is -1.49. The first-order chi connectivity index (χ1) is 10.0. The monoisotopic (exact) mass is 298 g/mol. The van der Waals surface area contributed by atoms with Crippen molar-refractivity contribution in [3.05, 3.63) is 17.9 Å². The maximum absolute atomic E-state index is 13.7. The number of halogens is 1. The molecule has 1 rings (SSSR count). The second-order valence-electron chi connectivity index (χ2n) is 5.28. The molecule has 4 nitrogen and oxygen atoms in total. The van der Waals surface area contributed by atoms with Gasteiger partial charge < -0.3 is 20.5 Å². The van der Waals surface area contributed by atoms with Crippen LogP contribution in [0.15, 0.2) is 12.1 Å². The Labute approximate surface area is 126 Å². The summed E-state index contributed by atoms with van der Waals surface area (Å²) in [6, 6.07) is 2.90. The van der Waals surface area contributed by atoms with Crippen LogP contribution in [-0.2, 0) is 4.74 Å². The van der Waals surface area contributed by atoms with Gasteiger partial charge in [-0.3, -0.25) is 0 Å². The van der Waals surface area contributed by atoms with Gasteiger partial charge in [-0.2, -0.15) is 0 Å². The Balaban J connectivity index is 2.43. The summed E-state index contributed by atoms with van der Waals surface area (Å²) < 4.78 is 24.6. The number of anilines is 2. The molecule has 5 heteroatoms. The number of nitrogens with two attached hydrogens (primary N) is 1. The molecule has 120 valence electrons. The number of nitrogen functional groups attached to an aromatic ring is 1. The predicted molar refractivity (Wildman–Crippen MR) is 85.4 cm³/mol. The third-order valence-electron chi connectivity index (χ3n) is 2.89. The standard InChI is InChI=1S/C16H27FN2O2/c1-4-5-8-20-9-6-7-19-15-11-16(21-12(2)3)13(17)10-14(15)18/h10-12,19H,4-9,18H2,1-3H3. The van der Waals surface area contributed by atoms with Crippen LogP contribution in [0, 0.1) is 5.82 Å². The molecule has 1 aromatic rings. The highest BCUT2D eigenvalue weighted by Crippen LogP contribution is 2.28. The molecule has 0 aromatic heterocycles. The maximum Gasteiger partial charge on any atom is 0.167 e. The Morgan fingerprint density at radius 2 is 1.95 bits per heavy atom. The summed E-state index contributed by atoms with van der Waals surface area (Å²) in [5.41, 5.74) is 6.89.